The van der Waals surface area contributed by atoms with Gasteiger partial charge in [0.2, 0.25) is 5.91 Å². The summed E-state index contributed by atoms with van der Waals surface area (Å²) < 4.78 is 6.40. The van der Waals surface area contributed by atoms with Crippen LogP contribution in [-0.2, 0) is 14.3 Å². The van der Waals surface area contributed by atoms with Crippen LogP contribution in [0.25, 0.3) is 5.69 Å². The summed E-state index contributed by atoms with van der Waals surface area (Å²) in [5.41, 5.74) is 6.84. The van der Waals surface area contributed by atoms with Gasteiger partial charge in [0.1, 0.15) is 5.82 Å². The van der Waals surface area contributed by atoms with E-state index < -0.39 is 23.5 Å². The molecular formula is C21H20N4O4S. The number of thioether (sulfide) groups is 1. The quantitative estimate of drug-likeness (QED) is 0.338. The molecule has 9 heteroatoms. The van der Waals surface area contributed by atoms with Crippen LogP contribution in [0.4, 0.5) is 5.82 Å². The highest BCUT2D eigenvalue weighted by Crippen LogP contribution is 2.22. The van der Waals surface area contributed by atoms with E-state index in [1.165, 1.54) is 13.2 Å². The highest BCUT2D eigenvalue weighted by atomic mass is 32.2. The molecule has 0 unspecified atom stereocenters. The van der Waals surface area contributed by atoms with E-state index in [-0.39, 0.29) is 16.7 Å². The Morgan fingerprint density at radius 2 is 1.77 bits per heavy atom. The number of benzene rings is 2. The minimum absolute atomic E-state index is 0.0803. The summed E-state index contributed by atoms with van der Waals surface area (Å²) in [4.78, 5) is 40.5. The first-order valence-corrected chi connectivity index (χ1v) is 9.98. The second kappa shape index (κ2) is 9.75. The topological polar surface area (TPSA) is 116 Å². The van der Waals surface area contributed by atoms with Crippen molar-refractivity contribution >= 4 is 29.5 Å². The van der Waals surface area contributed by atoms with Gasteiger partial charge in [-0.2, -0.15) is 4.98 Å². The number of nitrogen functional groups attached to an aromatic ring is 1. The molecule has 0 aliphatic rings. The number of hydrogen-bond donors (Lipinski definition) is 2. The number of nitrogens with zero attached hydrogens (tertiary/aromatic N) is 2. The maximum absolute atomic E-state index is 12.6. The number of aromatic nitrogens is 2. The van der Waals surface area contributed by atoms with E-state index in [2.05, 4.69) is 10.3 Å². The van der Waals surface area contributed by atoms with Crippen molar-refractivity contribution in [1.29, 1.82) is 0 Å². The molecule has 0 fully saturated rings. The Labute approximate surface area is 177 Å². The van der Waals surface area contributed by atoms with Gasteiger partial charge in [-0.1, -0.05) is 60.3 Å². The van der Waals surface area contributed by atoms with Gasteiger partial charge in [-0.05, 0) is 17.7 Å². The summed E-state index contributed by atoms with van der Waals surface area (Å²) in [6, 6.07) is 18.2. The fourth-order valence-electron chi connectivity index (χ4n) is 2.79. The number of amides is 1. The first kappa shape index (κ1) is 21.1. The number of carbonyl (C=O) groups is 2. The molecule has 154 valence electrons. The van der Waals surface area contributed by atoms with Crippen molar-refractivity contribution in [3.8, 4) is 5.69 Å². The first-order chi connectivity index (χ1) is 14.5. The van der Waals surface area contributed by atoms with Crippen molar-refractivity contribution in [3.05, 3.63) is 82.6 Å². The van der Waals surface area contributed by atoms with Crippen molar-refractivity contribution < 1.29 is 14.3 Å². The number of nitrogens with one attached hydrogen (secondary N) is 1. The van der Waals surface area contributed by atoms with Crippen molar-refractivity contribution in [2.45, 2.75) is 11.2 Å². The number of hydrogen-bond acceptors (Lipinski definition) is 7. The largest absolute Gasteiger partial charge is 0.467 e. The SMILES string of the molecule is COC(=O)[C@H](NC(=O)CSc1nc(=O)cc(N)n1-c1ccccc1)c1ccccc1. The average molecular weight is 424 g/mol. The third-order valence-electron chi connectivity index (χ3n) is 4.15. The Bertz CT molecular complexity index is 1090. The maximum Gasteiger partial charge on any atom is 0.333 e. The van der Waals surface area contributed by atoms with Crippen LogP contribution in [0.15, 0.2) is 76.7 Å². The Hall–Kier alpha value is -3.59. The van der Waals surface area contributed by atoms with E-state index in [4.69, 9.17) is 10.5 Å². The Balaban J connectivity index is 1.79. The van der Waals surface area contributed by atoms with Crippen molar-refractivity contribution in [2.75, 3.05) is 18.6 Å². The molecule has 0 saturated heterocycles. The monoisotopic (exact) mass is 424 g/mol. The van der Waals surface area contributed by atoms with Crippen LogP contribution in [0, 0.1) is 0 Å². The molecule has 1 amide bonds. The lowest BCUT2D eigenvalue weighted by Gasteiger charge is -2.17. The minimum Gasteiger partial charge on any atom is -0.467 e. The molecular weight excluding hydrogens is 404 g/mol. The molecule has 30 heavy (non-hydrogen) atoms. The summed E-state index contributed by atoms with van der Waals surface area (Å²) >= 11 is 1.04. The van der Waals surface area contributed by atoms with Crippen LogP contribution in [0.2, 0.25) is 0 Å². The van der Waals surface area contributed by atoms with E-state index >= 15 is 0 Å². The second-order valence-corrected chi connectivity index (χ2v) is 7.14. The van der Waals surface area contributed by atoms with E-state index in [1.807, 2.05) is 36.4 Å². The number of esters is 1. The zero-order valence-electron chi connectivity index (χ0n) is 16.1. The molecule has 1 atom stereocenters. The Morgan fingerprint density at radius 3 is 2.40 bits per heavy atom. The van der Waals surface area contributed by atoms with E-state index in [0.717, 1.165) is 11.8 Å². The molecule has 1 heterocycles. The third kappa shape index (κ3) is 5.06. The standard InChI is InChI=1S/C21H20N4O4S/c1-29-20(28)19(14-8-4-2-5-9-14)23-18(27)13-30-21-24-17(26)12-16(22)25(21)15-10-6-3-7-11-15/h2-12,19H,13,22H2,1H3,(H,23,27)/t19-/m1/s1. The van der Waals surface area contributed by atoms with Crippen molar-refractivity contribution in [1.82, 2.24) is 14.9 Å². The molecule has 0 aliphatic heterocycles. The third-order valence-corrected chi connectivity index (χ3v) is 5.09. The molecule has 0 saturated carbocycles. The molecule has 0 spiro atoms. The van der Waals surface area contributed by atoms with E-state index in [0.29, 0.717) is 11.3 Å². The second-order valence-electron chi connectivity index (χ2n) is 6.20. The van der Waals surface area contributed by atoms with Gasteiger partial charge < -0.3 is 15.8 Å². The van der Waals surface area contributed by atoms with Gasteiger partial charge in [-0.15, -0.1) is 0 Å². The molecule has 1 aromatic heterocycles. The lowest BCUT2D eigenvalue weighted by molar-refractivity contribution is -0.145. The van der Waals surface area contributed by atoms with E-state index in [1.54, 1.807) is 28.8 Å². The van der Waals surface area contributed by atoms with Crippen molar-refractivity contribution in [3.63, 3.8) is 0 Å². The van der Waals surface area contributed by atoms with Crippen LogP contribution in [0.3, 0.4) is 0 Å². The molecule has 8 nitrogen and oxygen atoms in total. The van der Waals surface area contributed by atoms with E-state index in [9.17, 15) is 14.4 Å². The molecule has 2 aromatic carbocycles. The number of para-hydroxylation sites is 1. The minimum atomic E-state index is -0.936. The van der Waals surface area contributed by atoms with Crippen LogP contribution in [0.1, 0.15) is 11.6 Å². The number of rotatable bonds is 7. The molecule has 3 rings (SSSR count). The molecule has 0 aliphatic carbocycles. The van der Waals surface area contributed by atoms with Crippen molar-refractivity contribution in [2.24, 2.45) is 0 Å². The highest BCUT2D eigenvalue weighted by molar-refractivity contribution is 7.99. The number of ether oxygens (including phenoxy) is 1. The first-order valence-electron chi connectivity index (χ1n) is 8.99. The van der Waals surface area contributed by atoms with Gasteiger partial charge >= 0.3 is 5.97 Å². The summed E-state index contributed by atoms with van der Waals surface area (Å²) in [6.07, 6.45) is 0. The van der Waals surface area contributed by atoms with Gasteiger partial charge in [0.05, 0.1) is 12.9 Å². The smallest absolute Gasteiger partial charge is 0.333 e. The van der Waals surface area contributed by atoms with Crippen LogP contribution in [0.5, 0.6) is 0 Å². The number of carbonyl (C=O) groups excluding carboxylic acids is 2. The summed E-state index contributed by atoms with van der Waals surface area (Å²) in [5.74, 6) is -0.873. The fraction of sp³-hybridized carbons (Fsp3) is 0.143. The van der Waals surface area contributed by atoms with Gasteiger partial charge in [-0.25, -0.2) is 4.79 Å². The lowest BCUT2D eigenvalue weighted by Crippen LogP contribution is -2.35. The number of nitrogens with two attached hydrogens (primary N) is 1. The predicted octanol–water partition coefficient (Wildman–Crippen LogP) is 1.94. The average Bonchev–Trinajstić information content (AvgIpc) is 2.76. The van der Waals surface area contributed by atoms with Crippen LogP contribution in [-0.4, -0.2) is 34.3 Å². The Kier molecular flexibility index (Phi) is 6.87. The predicted molar refractivity (Wildman–Crippen MR) is 114 cm³/mol. The summed E-state index contributed by atoms with van der Waals surface area (Å²) in [5, 5.41) is 2.94. The Morgan fingerprint density at radius 1 is 1.13 bits per heavy atom. The molecule has 3 N–H and O–H groups in total. The van der Waals surface area contributed by atoms with Crippen LogP contribution < -0.4 is 16.6 Å². The molecule has 3 aromatic rings. The zero-order chi connectivity index (χ0) is 21.5. The lowest BCUT2D eigenvalue weighted by atomic mass is 10.1. The molecule has 0 radical (unpaired) electrons. The highest BCUT2D eigenvalue weighted by Gasteiger charge is 2.23. The molecule has 0 bridgehead atoms. The van der Waals surface area contributed by atoms with Gasteiger partial charge in [-0.3, -0.25) is 14.2 Å². The van der Waals surface area contributed by atoms with Gasteiger partial charge in [0.15, 0.2) is 11.2 Å². The summed E-state index contributed by atoms with van der Waals surface area (Å²) in [6.45, 7) is 0. The normalized spacial score (nSPS) is 11.5. The fourth-order valence-corrected chi connectivity index (χ4v) is 3.62. The number of methoxy groups -OCH3 is 1. The maximum atomic E-state index is 12.6. The van der Waals surface area contributed by atoms with Gasteiger partial charge in [0, 0.05) is 11.8 Å². The van der Waals surface area contributed by atoms with Crippen LogP contribution >= 0.6 is 11.8 Å². The summed E-state index contributed by atoms with van der Waals surface area (Å²) in [7, 11) is 1.26. The number of anilines is 1. The zero-order valence-corrected chi connectivity index (χ0v) is 17.0. The van der Waals surface area contributed by atoms with Gasteiger partial charge in [0.25, 0.3) is 5.56 Å².